The summed E-state index contributed by atoms with van der Waals surface area (Å²) in [5.41, 5.74) is 6.40. The highest BCUT2D eigenvalue weighted by Gasteiger charge is 2.11. The third-order valence-corrected chi connectivity index (χ3v) is 4.99. The van der Waals surface area contributed by atoms with Gasteiger partial charge in [0.1, 0.15) is 17.8 Å². The Morgan fingerprint density at radius 3 is 2.29 bits per heavy atom. The van der Waals surface area contributed by atoms with Crippen LogP contribution in [0.5, 0.6) is 0 Å². The Kier molecular flexibility index (Phi) is 5.54. The third kappa shape index (κ3) is 4.64. The number of aromatic nitrogens is 1. The zero-order valence-electron chi connectivity index (χ0n) is 17.5. The highest BCUT2D eigenvalue weighted by atomic mass is 19.1. The zero-order valence-corrected chi connectivity index (χ0v) is 17.5. The van der Waals surface area contributed by atoms with Gasteiger partial charge in [-0.1, -0.05) is 23.8 Å². The standard InChI is InChI=1S/C25H22FN3O2/c1-15-4-5-16(2)21(12-15)23-14-31-24(29-23)18-7-10-19(11-8-18)27-25(30)28-20-9-6-17(3)22(26)13-20/h4-14H,1-3H3,(H2,27,28,30). The van der Waals surface area contributed by atoms with Crippen molar-refractivity contribution in [3.05, 3.63) is 89.4 Å². The van der Waals surface area contributed by atoms with Crippen molar-refractivity contribution >= 4 is 17.4 Å². The van der Waals surface area contributed by atoms with E-state index in [4.69, 9.17) is 4.42 Å². The molecular weight excluding hydrogens is 393 g/mol. The van der Waals surface area contributed by atoms with Crippen LogP contribution >= 0.6 is 0 Å². The molecule has 3 aromatic carbocycles. The van der Waals surface area contributed by atoms with Crippen LogP contribution in [0, 0.1) is 26.6 Å². The highest BCUT2D eigenvalue weighted by Crippen LogP contribution is 2.28. The van der Waals surface area contributed by atoms with Crippen LogP contribution in [0.2, 0.25) is 0 Å². The number of hydrogen-bond donors (Lipinski definition) is 2. The van der Waals surface area contributed by atoms with Gasteiger partial charge in [-0.25, -0.2) is 14.2 Å². The molecule has 2 amide bonds. The Hall–Kier alpha value is -3.93. The molecule has 31 heavy (non-hydrogen) atoms. The molecule has 0 atom stereocenters. The van der Waals surface area contributed by atoms with E-state index in [0.29, 0.717) is 22.8 Å². The van der Waals surface area contributed by atoms with E-state index < -0.39 is 6.03 Å². The first-order valence-electron chi connectivity index (χ1n) is 9.87. The van der Waals surface area contributed by atoms with Gasteiger partial charge in [-0.2, -0.15) is 0 Å². The van der Waals surface area contributed by atoms with E-state index in [-0.39, 0.29) is 5.82 Å². The molecule has 156 valence electrons. The van der Waals surface area contributed by atoms with Gasteiger partial charge in [0.2, 0.25) is 5.89 Å². The molecule has 0 aliphatic carbocycles. The largest absolute Gasteiger partial charge is 0.444 e. The van der Waals surface area contributed by atoms with Crippen molar-refractivity contribution in [1.29, 1.82) is 0 Å². The van der Waals surface area contributed by atoms with Crippen LogP contribution in [-0.4, -0.2) is 11.0 Å². The van der Waals surface area contributed by atoms with Gasteiger partial charge >= 0.3 is 6.03 Å². The third-order valence-electron chi connectivity index (χ3n) is 4.99. The maximum atomic E-state index is 13.6. The first-order valence-corrected chi connectivity index (χ1v) is 9.87. The van der Waals surface area contributed by atoms with E-state index in [1.807, 2.05) is 26.0 Å². The summed E-state index contributed by atoms with van der Waals surface area (Å²) in [5.74, 6) is 0.135. The Labute approximate surface area is 180 Å². The smallest absolute Gasteiger partial charge is 0.323 e. The topological polar surface area (TPSA) is 67.2 Å². The van der Waals surface area contributed by atoms with Crippen LogP contribution in [0.3, 0.4) is 0 Å². The predicted molar refractivity (Wildman–Crippen MR) is 121 cm³/mol. The van der Waals surface area contributed by atoms with Crippen molar-refractivity contribution in [2.45, 2.75) is 20.8 Å². The van der Waals surface area contributed by atoms with Gasteiger partial charge in [0.25, 0.3) is 0 Å². The first kappa shape index (κ1) is 20.3. The normalized spacial score (nSPS) is 10.7. The summed E-state index contributed by atoms with van der Waals surface area (Å²) in [6, 6.07) is 17.5. The minimum Gasteiger partial charge on any atom is -0.444 e. The monoisotopic (exact) mass is 415 g/mol. The molecule has 0 radical (unpaired) electrons. The quantitative estimate of drug-likeness (QED) is 0.389. The minimum atomic E-state index is -0.454. The second kappa shape index (κ2) is 8.44. The van der Waals surface area contributed by atoms with Crippen LogP contribution in [0.1, 0.15) is 16.7 Å². The van der Waals surface area contributed by atoms with Crippen molar-refractivity contribution in [2.24, 2.45) is 0 Å². The maximum Gasteiger partial charge on any atom is 0.323 e. The van der Waals surface area contributed by atoms with E-state index in [1.54, 1.807) is 37.5 Å². The number of oxazole rings is 1. The van der Waals surface area contributed by atoms with Crippen LogP contribution < -0.4 is 10.6 Å². The summed E-state index contributed by atoms with van der Waals surface area (Å²) in [6.45, 7) is 5.75. The number of halogens is 1. The van der Waals surface area contributed by atoms with Gasteiger partial charge in [0.15, 0.2) is 0 Å². The molecule has 2 N–H and O–H groups in total. The average Bonchev–Trinajstić information content (AvgIpc) is 3.23. The highest BCUT2D eigenvalue weighted by molar-refractivity contribution is 5.99. The predicted octanol–water partition coefficient (Wildman–Crippen LogP) is 6.72. The fraction of sp³-hybridized carbons (Fsp3) is 0.120. The molecule has 0 saturated heterocycles. The molecule has 6 heteroatoms. The molecule has 0 aliphatic rings. The number of hydrogen-bond acceptors (Lipinski definition) is 3. The van der Waals surface area contributed by atoms with Crippen molar-refractivity contribution < 1.29 is 13.6 Å². The molecule has 0 spiro atoms. The van der Waals surface area contributed by atoms with E-state index in [1.165, 1.54) is 6.07 Å². The summed E-state index contributed by atoms with van der Waals surface area (Å²) in [5, 5.41) is 5.34. The number of benzene rings is 3. The fourth-order valence-corrected chi connectivity index (χ4v) is 3.20. The molecule has 4 aromatic rings. The second-order valence-electron chi connectivity index (χ2n) is 7.48. The Balaban J connectivity index is 1.45. The van der Waals surface area contributed by atoms with E-state index in [9.17, 15) is 9.18 Å². The molecule has 1 heterocycles. The number of carbonyl (C=O) groups is 1. The molecule has 0 unspecified atom stereocenters. The van der Waals surface area contributed by atoms with Crippen molar-refractivity contribution in [3.63, 3.8) is 0 Å². The van der Waals surface area contributed by atoms with Crippen LogP contribution in [0.4, 0.5) is 20.6 Å². The lowest BCUT2D eigenvalue weighted by Crippen LogP contribution is -2.19. The van der Waals surface area contributed by atoms with Gasteiger partial charge in [-0.3, -0.25) is 0 Å². The number of urea groups is 1. The number of anilines is 2. The minimum absolute atomic E-state index is 0.367. The zero-order chi connectivity index (χ0) is 22.0. The van der Waals surface area contributed by atoms with Crippen molar-refractivity contribution in [1.82, 2.24) is 4.98 Å². The number of carbonyl (C=O) groups excluding carboxylic acids is 1. The summed E-state index contributed by atoms with van der Waals surface area (Å²) in [7, 11) is 0. The number of rotatable bonds is 4. The molecule has 5 nitrogen and oxygen atoms in total. The Morgan fingerprint density at radius 2 is 1.55 bits per heavy atom. The molecule has 0 saturated carbocycles. The lowest BCUT2D eigenvalue weighted by Gasteiger charge is -2.08. The van der Waals surface area contributed by atoms with Gasteiger partial charge in [0, 0.05) is 22.5 Å². The van der Waals surface area contributed by atoms with Crippen LogP contribution in [-0.2, 0) is 0 Å². The average molecular weight is 415 g/mol. The number of nitrogens with one attached hydrogen (secondary N) is 2. The Morgan fingerprint density at radius 1 is 0.871 bits per heavy atom. The SMILES string of the molecule is Cc1ccc(C)c(-c2coc(-c3ccc(NC(=O)Nc4ccc(C)c(F)c4)cc3)n2)c1. The van der Waals surface area contributed by atoms with Gasteiger partial charge in [-0.15, -0.1) is 0 Å². The lowest BCUT2D eigenvalue weighted by molar-refractivity contribution is 0.262. The molecular formula is C25H22FN3O2. The molecule has 0 bridgehead atoms. The summed E-state index contributed by atoms with van der Waals surface area (Å²) in [4.78, 5) is 16.8. The lowest BCUT2D eigenvalue weighted by atomic mass is 10.0. The molecule has 1 aromatic heterocycles. The fourth-order valence-electron chi connectivity index (χ4n) is 3.20. The summed E-state index contributed by atoms with van der Waals surface area (Å²) < 4.78 is 19.3. The van der Waals surface area contributed by atoms with Crippen molar-refractivity contribution in [2.75, 3.05) is 10.6 Å². The molecule has 0 aliphatic heterocycles. The number of amides is 2. The van der Waals surface area contributed by atoms with E-state index >= 15 is 0 Å². The number of nitrogens with zero attached hydrogens (tertiary/aromatic N) is 1. The van der Waals surface area contributed by atoms with Gasteiger partial charge in [-0.05, 0) is 74.4 Å². The van der Waals surface area contributed by atoms with E-state index in [2.05, 4.69) is 33.8 Å². The number of aryl methyl sites for hydroxylation is 3. The molecule has 0 fully saturated rings. The first-order chi connectivity index (χ1) is 14.9. The van der Waals surface area contributed by atoms with Gasteiger partial charge < -0.3 is 15.1 Å². The van der Waals surface area contributed by atoms with Crippen molar-refractivity contribution in [3.8, 4) is 22.7 Å². The van der Waals surface area contributed by atoms with Gasteiger partial charge in [0.05, 0.1) is 0 Å². The van der Waals surface area contributed by atoms with Crippen LogP contribution in [0.15, 0.2) is 71.3 Å². The summed E-state index contributed by atoms with van der Waals surface area (Å²) in [6.07, 6.45) is 1.65. The Bertz CT molecular complexity index is 1250. The van der Waals surface area contributed by atoms with Crippen LogP contribution in [0.25, 0.3) is 22.7 Å². The second-order valence-corrected chi connectivity index (χ2v) is 7.48. The summed E-state index contributed by atoms with van der Waals surface area (Å²) >= 11 is 0. The van der Waals surface area contributed by atoms with E-state index in [0.717, 1.165) is 27.9 Å². The maximum absolute atomic E-state index is 13.6. The molecule has 4 rings (SSSR count).